The van der Waals surface area contributed by atoms with E-state index in [1.54, 1.807) is 18.5 Å². The third kappa shape index (κ3) is 2.56. The maximum Gasteiger partial charge on any atom is 0.200 e. The van der Waals surface area contributed by atoms with E-state index in [1.165, 1.54) is 0 Å². The van der Waals surface area contributed by atoms with Crippen molar-refractivity contribution in [2.24, 2.45) is 5.73 Å². The number of nitriles is 1. The lowest BCUT2D eigenvalue weighted by atomic mass is 9.79. The summed E-state index contributed by atoms with van der Waals surface area (Å²) in [6.07, 6.45) is 4.15. The molecule has 1 aliphatic rings. The summed E-state index contributed by atoms with van der Waals surface area (Å²) in [4.78, 5) is 13.2. The molecule has 3 aromatic rings. The number of H-pyrrole nitrogens is 1. The zero-order valence-corrected chi connectivity index (χ0v) is 14.3. The minimum absolute atomic E-state index is 0.0551. The number of nitrogens with one attached hydrogen (secondary N) is 2. The smallest absolute Gasteiger partial charge is 0.200 e. The van der Waals surface area contributed by atoms with Gasteiger partial charge in [0.1, 0.15) is 23.0 Å². The van der Waals surface area contributed by atoms with Gasteiger partial charge >= 0.3 is 0 Å². The van der Waals surface area contributed by atoms with Crippen molar-refractivity contribution < 1.29 is 0 Å². The van der Waals surface area contributed by atoms with Crippen LogP contribution in [-0.2, 0) is 0 Å². The third-order valence-electron chi connectivity index (χ3n) is 4.99. The van der Waals surface area contributed by atoms with Gasteiger partial charge in [-0.3, -0.25) is 5.10 Å². The fourth-order valence-electron chi connectivity index (χ4n) is 3.42. The van der Waals surface area contributed by atoms with Crippen molar-refractivity contribution in [2.45, 2.75) is 24.8 Å². The van der Waals surface area contributed by atoms with Gasteiger partial charge in [0, 0.05) is 36.0 Å². The molecule has 0 spiro atoms. The van der Waals surface area contributed by atoms with Crippen LogP contribution in [0, 0.1) is 11.3 Å². The van der Waals surface area contributed by atoms with Crippen LogP contribution in [0.3, 0.4) is 0 Å². The van der Waals surface area contributed by atoms with Crippen molar-refractivity contribution in [1.29, 1.82) is 5.26 Å². The second-order valence-corrected chi connectivity index (χ2v) is 6.81. The Morgan fingerprint density at radius 2 is 2.23 bits per heavy atom. The normalized spacial score (nSPS) is 23.0. The van der Waals surface area contributed by atoms with Gasteiger partial charge in [0.2, 0.25) is 5.65 Å². The van der Waals surface area contributed by atoms with Crippen LogP contribution in [0.2, 0.25) is 0 Å². The molecule has 0 aromatic carbocycles. The molecular formula is C17H19N9. The molecule has 4 heterocycles. The number of fused-ring (bicyclic) bond motifs is 1. The van der Waals surface area contributed by atoms with E-state index in [2.05, 4.69) is 36.5 Å². The Labute approximate surface area is 149 Å². The summed E-state index contributed by atoms with van der Waals surface area (Å²) in [7, 11) is 0. The van der Waals surface area contributed by atoms with Crippen LogP contribution < -0.4 is 16.8 Å². The molecule has 2 unspecified atom stereocenters. The average molecular weight is 349 g/mol. The minimum Gasteiger partial charge on any atom is -0.383 e. The predicted molar refractivity (Wildman–Crippen MR) is 96.9 cm³/mol. The number of nitrogens with two attached hydrogens (primary N) is 2. The molecule has 0 aliphatic carbocycles. The van der Waals surface area contributed by atoms with Crippen molar-refractivity contribution in [3.63, 3.8) is 0 Å². The third-order valence-corrected chi connectivity index (χ3v) is 4.99. The molecule has 1 fully saturated rings. The number of aromatic amines is 1. The second kappa shape index (κ2) is 6.01. The largest absolute Gasteiger partial charge is 0.383 e. The van der Waals surface area contributed by atoms with Gasteiger partial charge in [-0.1, -0.05) is 0 Å². The van der Waals surface area contributed by atoms with Gasteiger partial charge in [0.25, 0.3) is 0 Å². The summed E-state index contributed by atoms with van der Waals surface area (Å²) in [6, 6.07) is 3.79. The van der Waals surface area contributed by atoms with Gasteiger partial charge in [-0.25, -0.2) is 15.0 Å². The topological polar surface area (TPSA) is 155 Å². The van der Waals surface area contributed by atoms with Gasteiger partial charge in [0.05, 0.1) is 11.4 Å². The second-order valence-electron chi connectivity index (χ2n) is 6.81. The van der Waals surface area contributed by atoms with Crippen LogP contribution in [0.4, 0.5) is 5.82 Å². The first-order chi connectivity index (χ1) is 12.5. The van der Waals surface area contributed by atoms with E-state index in [-0.39, 0.29) is 22.8 Å². The van der Waals surface area contributed by atoms with Crippen LogP contribution in [0.5, 0.6) is 0 Å². The van der Waals surface area contributed by atoms with E-state index in [1.807, 2.05) is 6.92 Å². The molecule has 1 saturated heterocycles. The lowest BCUT2D eigenvalue weighted by molar-refractivity contribution is 0.286. The number of aromatic nitrogens is 5. The predicted octanol–water partition coefficient (Wildman–Crippen LogP) is 0.663. The van der Waals surface area contributed by atoms with E-state index >= 15 is 0 Å². The molecule has 0 amide bonds. The van der Waals surface area contributed by atoms with Gasteiger partial charge in [0.15, 0.2) is 0 Å². The zero-order chi connectivity index (χ0) is 18.3. The Kier molecular flexibility index (Phi) is 3.79. The van der Waals surface area contributed by atoms with Crippen molar-refractivity contribution in [3.05, 3.63) is 29.7 Å². The molecule has 6 N–H and O–H groups in total. The maximum absolute atomic E-state index is 9.38. The van der Waals surface area contributed by atoms with E-state index in [0.717, 1.165) is 25.2 Å². The van der Waals surface area contributed by atoms with Gasteiger partial charge in [-0.15, -0.1) is 0 Å². The highest BCUT2D eigenvalue weighted by Crippen LogP contribution is 2.32. The Morgan fingerprint density at radius 1 is 1.38 bits per heavy atom. The molecule has 0 radical (unpaired) electrons. The van der Waals surface area contributed by atoms with Crippen LogP contribution in [0.1, 0.15) is 30.5 Å². The molecule has 2 atom stereocenters. The monoisotopic (exact) mass is 349 g/mol. The van der Waals surface area contributed by atoms with Gasteiger partial charge in [-0.2, -0.15) is 10.4 Å². The Hall–Kier alpha value is -3.09. The van der Waals surface area contributed by atoms with E-state index in [4.69, 9.17) is 11.5 Å². The summed E-state index contributed by atoms with van der Waals surface area (Å²) in [5.74, 6) is 0.226. The molecule has 9 nitrogen and oxygen atoms in total. The molecule has 0 bridgehead atoms. The molecule has 0 saturated carbocycles. The van der Waals surface area contributed by atoms with Gasteiger partial charge < -0.3 is 16.8 Å². The zero-order valence-electron chi connectivity index (χ0n) is 14.3. The lowest BCUT2D eigenvalue weighted by Gasteiger charge is -2.38. The molecule has 26 heavy (non-hydrogen) atoms. The highest BCUT2D eigenvalue weighted by molar-refractivity contribution is 5.90. The summed E-state index contributed by atoms with van der Waals surface area (Å²) in [6.45, 7) is 3.69. The SMILES string of the molecule is CC1(N)CCNCC1c1cnc2c(-c3ccnc(N)c3C#N)[nH]nc2n1. The highest BCUT2D eigenvalue weighted by atomic mass is 15.2. The van der Waals surface area contributed by atoms with E-state index in [9.17, 15) is 5.26 Å². The standard InChI is InChI=1S/C17H19N9/c1-17(20)3-5-21-7-11(17)12-8-23-14-13(25-26-16(14)24-12)9-2-4-22-15(19)10(9)6-18/h2,4,8,11,21H,3,5,7,20H2,1H3,(H2,19,22)(H,24,25,26). The minimum atomic E-state index is -0.347. The number of nitrogens with zero attached hydrogens (tertiary/aromatic N) is 5. The molecular weight excluding hydrogens is 330 g/mol. The van der Waals surface area contributed by atoms with Crippen molar-refractivity contribution >= 4 is 17.0 Å². The van der Waals surface area contributed by atoms with E-state index in [0.29, 0.717) is 22.4 Å². The number of pyridine rings is 1. The number of hydrogen-bond acceptors (Lipinski definition) is 8. The summed E-state index contributed by atoms with van der Waals surface area (Å²) in [5, 5.41) is 19.9. The first-order valence-corrected chi connectivity index (χ1v) is 8.37. The number of nitrogen functional groups attached to an aromatic ring is 1. The van der Waals surface area contributed by atoms with Crippen LogP contribution >= 0.6 is 0 Å². The number of anilines is 1. The van der Waals surface area contributed by atoms with E-state index < -0.39 is 0 Å². The van der Waals surface area contributed by atoms with Crippen molar-refractivity contribution in [2.75, 3.05) is 18.8 Å². The van der Waals surface area contributed by atoms with Crippen LogP contribution in [0.15, 0.2) is 18.5 Å². The number of rotatable bonds is 2. The molecule has 9 heteroatoms. The van der Waals surface area contributed by atoms with Crippen LogP contribution in [0.25, 0.3) is 22.4 Å². The first kappa shape index (κ1) is 16.4. The Morgan fingerprint density at radius 3 is 3.00 bits per heavy atom. The first-order valence-electron chi connectivity index (χ1n) is 8.37. The number of piperidine rings is 1. The maximum atomic E-state index is 9.38. The fraction of sp³-hybridized carbons (Fsp3) is 0.353. The fourth-order valence-corrected chi connectivity index (χ4v) is 3.42. The van der Waals surface area contributed by atoms with Crippen LogP contribution in [-0.4, -0.2) is 43.8 Å². The number of hydrogen-bond donors (Lipinski definition) is 4. The summed E-state index contributed by atoms with van der Waals surface area (Å²) < 4.78 is 0. The van der Waals surface area contributed by atoms with Crippen molar-refractivity contribution in [1.82, 2.24) is 30.5 Å². The summed E-state index contributed by atoms with van der Waals surface area (Å²) >= 11 is 0. The molecule has 3 aromatic heterocycles. The highest BCUT2D eigenvalue weighted by Gasteiger charge is 2.35. The lowest BCUT2D eigenvalue weighted by Crippen LogP contribution is -2.53. The Balaban J connectivity index is 1.80. The van der Waals surface area contributed by atoms with Gasteiger partial charge in [-0.05, 0) is 26.0 Å². The summed E-state index contributed by atoms with van der Waals surface area (Å²) in [5.41, 5.74) is 15.3. The molecule has 4 rings (SSSR count). The Bertz CT molecular complexity index is 1010. The average Bonchev–Trinajstić information content (AvgIpc) is 3.04. The molecule has 1 aliphatic heterocycles. The quantitative estimate of drug-likeness (QED) is 0.526. The molecule has 132 valence electrons. The van der Waals surface area contributed by atoms with Crippen molar-refractivity contribution in [3.8, 4) is 17.3 Å².